The van der Waals surface area contributed by atoms with Crippen LogP contribution >= 0.6 is 0 Å². The molecule has 1 saturated heterocycles. The maximum Gasteiger partial charge on any atom is 0.276 e. The van der Waals surface area contributed by atoms with Crippen molar-refractivity contribution in [3.8, 4) is 17.1 Å². The van der Waals surface area contributed by atoms with E-state index >= 15 is 0 Å². The highest BCUT2D eigenvalue weighted by Crippen LogP contribution is 2.38. The van der Waals surface area contributed by atoms with Crippen molar-refractivity contribution < 1.29 is 14.1 Å². The summed E-state index contributed by atoms with van der Waals surface area (Å²) in [5, 5.41) is 4.19. The van der Waals surface area contributed by atoms with Gasteiger partial charge in [-0.15, -0.1) is 0 Å². The molecule has 132 valence electrons. The number of amides is 1. The summed E-state index contributed by atoms with van der Waals surface area (Å²) < 4.78 is 10.9. The van der Waals surface area contributed by atoms with Gasteiger partial charge in [0.15, 0.2) is 11.5 Å². The molecule has 5 heteroatoms. The van der Waals surface area contributed by atoms with E-state index in [-0.39, 0.29) is 18.0 Å². The van der Waals surface area contributed by atoms with Crippen LogP contribution in [0.1, 0.15) is 54.7 Å². The van der Waals surface area contributed by atoms with Crippen LogP contribution in [0.4, 0.5) is 0 Å². The van der Waals surface area contributed by atoms with Gasteiger partial charge in [-0.1, -0.05) is 5.16 Å². The molecule has 5 nitrogen and oxygen atoms in total. The lowest BCUT2D eigenvalue weighted by Gasteiger charge is -2.38. The molecule has 2 aromatic rings. The van der Waals surface area contributed by atoms with E-state index in [1.807, 2.05) is 23.1 Å². The Hall–Kier alpha value is -2.30. The Balaban J connectivity index is 1.70. The normalized spacial score (nSPS) is 22.3. The summed E-state index contributed by atoms with van der Waals surface area (Å²) >= 11 is 0. The van der Waals surface area contributed by atoms with Crippen LogP contribution in [0.5, 0.6) is 5.75 Å². The van der Waals surface area contributed by atoms with E-state index in [0.717, 1.165) is 48.3 Å². The lowest BCUT2D eigenvalue weighted by atomic mass is 9.88. The number of hydrogen-bond acceptors (Lipinski definition) is 4. The number of piperidine rings is 1. The number of rotatable bonds is 2. The van der Waals surface area contributed by atoms with Gasteiger partial charge >= 0.3 is 0 Å². The molecule has 4 rings (SSSR count). The first kappa shape index (κ1) is 16.2. The lowest BCUT2D eigenvalue weighted by Crippen LogP contribution is -2.47. The standard InChI is InChI=1S/C20H24N2O3/c1-12-5-4-6-13(2)22(12)20(23)18-17-9-7-14-11-15(24-3)8-10-16(14)19(17)25-21-18/h8,10-13H,4-7,9H2,1-3H3/t12-,13-/m0/s1. The van der Waals surface area contributed by atoms with E-state index < -0.39 is 0 Å². The molecule has 0 N–H and O–H groups in total. The Bertz CT molecular complexity index is 801. The van der Waals surface area contributed by atoms with Crippen LogP contribution < -0.4 is 4.74 Å². The van der Waals surface area contributed by atoms with Crippen molar-refractivity contribution >= 4 is 5.91 Å². The highest BCUT2D eigenvalue weighted by Gasteiger charge is 2.35. The van der Waals surface area contributed by atoms with Crippen molar-refractivity contribution in [3.05, 3.63) is 35.0 Å². The first-order valence-electron chi connectivity index (χ1n) is 9.08. The smallest absolute Gasteiger partial charge is 0.276 e. The fraction of sp³-hybridized carbons (Fsp3) is 0.500. The number of aryl methyl sites for hydroxylation is 1. The summed E-state index contributed by atoms with van der Waals surface area (Å²) in [6.45, 7) is 4.25. The minimum absolute atomic E-state index is 0.0154. The molecule has 1 aromatic carbocycles. The fourth-order valence-electron chi connectivity index (χ4n) is 4.25. The van der Waals surface area contributed by atoms with Crippen LogP contribution in [0.15, 0.2) is 22.7 Å². The highest BCUT2D eigenvalue weighted by molar-refractivity contribution is 5.96. The second-order valence-corrected chi connectivity index (χ2v) is 7.20. The number of aromatic nitrogens is 1. The molecular weight excluding hydrogens is 316 g/mol. The number of ether oxygens (including phenoxy) is 1. The third-order valence-corrected chi connectivity index (χ3v) is 5.62. The number of carbonyl (C=O) groups excluding carboxylic acids is 1. The van der Waals surface area contributed by atoms with Gasteiger partial charge in [-0.25, -0.2) is 0 Å². The number of fused-ring (bicyclic) bond motifs is 3. The van der Waals surface area contributed by atoms with Gasteiger partial charge in [-0.3, -0.25) is 4.79 Å². The number of hydrogen-bond donors (Lipinski definition) is 0. The third kappa shape index (κ3) is 2.62. The van der Waals surface area contributed by atoms with E-state index in [1.54, 1.807) is 7.11 Å². The molecule has 1 aromatic heterocycles. The molecule has 0 radical (unpaired) electrons. The topological polar surface area (TPSA) is 55.6 Å². The Morgan fingerprint density at radius 1 is 1.24 bits per heavy atom. The monoisotopic (exact) mass is 340 g/mol. The summed E-state index contributed by atoms with van der Waals surface area (Å²) in [5.41, 5.74) is 3.65. The van der Waals surface area contributed by atoms with Gasteiger partial charge in [0.1, 0.15) is 5.75 Å². The molecule has 0 saturated carbocycles. The zero-order chi connectivity index (χ0) is 17.6. The van der Waals surface area contributed by atoms with Gasteiger partial charge in [-0.05, 0) is 69.7 Å². The SMILES string of the molecule is COc1ccc2c(c1)CCc1c(C(=O)N3[C@@H](C)CCC[C@@H]3C)noc1-2. The fourth-order valence-corrected chi connectivity index (χ4v) is 4.25. The second kappa shape index (κ2) is 6.21. The van der Waals surface area contributed by atoms with Gasteiger partial charge in [0.25, 0.3) is 5.91 Å². The largest absolute Gasteiger partial charge is 0.497 e. The Morgan fingerprint density at radius 3 is 2.72 bits per heavy atom. The zero-order valence-electron chi connectivity index (χ0n) is 15.0. The van der Waals surface area contributed by atoms with Gasteiger partial charge < -0.3 is 14.2 Å². The first-order valence-corrected chi connectivity index (χ1v) is 9.08. The van der Waals surface area contributed by atoms with Crippen LogP contribution in [0.25, 0.3) is 11.3 Å². The Labute approximate surface area is 147 Å². The average Bonchev–Trinajstić information content (AvgIpc) is 3.05. The predicted octanol–water partition coefficient (Wildman–Crippen LogP) is 3.85. The molecule has 2 atom stereocenters. The molecule has 1 fully saturated rings. The summed E-state index contributed by atoms with van der Waals surface area (Å²) in [6.07, 6.45) is 4.93. The molecule has 1 amide bonds. The predicted molar refractivity (Wildman–Crippen MR) is 94.8 cm³/mol. The summed E-state index contributed by atoms with van der Waals surface area (Å²) in [6, 6.07) is 6.47. The van der Waals surface area contributed by atoms with Gasteiger partial charge in [0.05, 0.1) is 7.11 Å². The third-order valence-electron chi connectivity index (χ3n) is 5.62. The lowest BCUT2D eigenvalue weighted by molar-refractivity contribution is 0.0499. The first-order chi connectivity index (χ1) is 12.1. The van der Waals surface area contributed by atoms with E-state index in [4.69, 9.17) is 9.26 Å². The van der Waals surface area contributed by atoms with Crippen molar-refractivity contribution in [3.63, 3.8) is 0 Å². The Kier molecular flexibility index (Phi) is 4.02. The molecular formula is C20H24N2O3. The van der Waals surface area contributed by atoms with Crippen molar-refractivity contribution in [2.45, 2.75) is 58.0 Å². The minimum atomic E-state index is 0.0154. The summed E-state index contributed by atoms with van der Waals surface area (Å²) in [5.74, 6) is 1.60. The van der Waals surface area contributed by atoms with E-state index in [1.165, 1.54) is 12.0 Å². The Morgan fingerprint density at radius 2 is 2.00 bits per heavy atom. The van der Waals surface area contributed by atoms with Crippen molar-refractivity contribution in [1.29, 1.82) is 0 Å². The van der Waals surface area contributed by atoms with Gasteiger partial charge in [0.2, 0.25) is 0 Å². The molecule has 0 bridgehead atoms. The number of nitrogens with zero attached hydrogens (tertiary/aromatic N) is 2. The number of methoxy groups -OCH3 is 1. The van der Waals surface area contributed by atoms with Crippen LogP contribution in [0, 0.1) is 0 Å². The van der Waals surface area contributed by atoms with Gasteiger partial charge in [-0.2, -0.15) is 0 Å². The molecule has 2 aliphatic rings. The van der Waals surface area contributed by atoms with Crippen LogP contribution in [0.3, 0.4) is 0 Å². The molecule has 1 aliphatic carbocycles. The number of benzene rings is 1. The van der Waals surface area contributed by atoms with E-state index in [2.05, 4.69) is 19.0 Å². The van der Waals surface area contributed by atoms with Crippen molar-refractivity contribution in [2.75, 3.05) is 7.11 Å². The molecule has 0 spiro atoms. The van der Waals surface area contributed by atoms with Crippen LogP contribution in [0.2, 0.25) is 0 Å². The van der Waals surface area contributed by atoms with Gasteiger partial charge in [0, 0.05) is 23.2 Å². The zero-order valence-corrected chi connectivity index (χ0v) is 15.0. The number of carbonyl (C=O) groups is 1. The molecule has 1 aliphatic heterocycles. The minimum Gasteiger partial charge on any atom is -0.497 e. The quantitative estimate of drug-likeness (QED) is 0.833. The maximum absolute atomic E-state index is 13.1. The maximum atomic E-state index is 13.1. The molecule has 2 heterocycles. The van der Waals surface area contributed by atoms with E-state index in [9.17, 15) is 4.79 Å². The molecule has 25 heavy (non-hydrogen) atoms. The summed E-state index contributed by atoms with van der Waals surface area (Å²) in [4.78, 5) is 15.1. The van der Waals surface area contributed by atoms with E-state index in [0.29, 0.717) is 5.69 Å². The van der Waals surface area contributed by atoms with Crippen molar-refractivity contribution in [2.24, 2.45) is 0 Å². The number of likely N-dealkylation sites (tertiary alicyclic amines) is 1. The van der Waals surface area contributed by atoms with Crippen molar-refractivity contribution in [1.82, 2.24) is 10.1 Å². The average molecular weight is 340 g/mol. The second-order valence-electron chi connectivity index (χ2n) is 7.20. The molecule has 0 unspecified atom stereocenters. The van der Waals surface area contributed by atoms with Crippen LogP contribution in [-0.2, 0) is 12.8 Å². The summed E-state index contributed by atoms with van der Waals surface area (Å²) in [7, 11) is 1.67. The highest BCUT2D eigenvalue weighted by atomic mass is 16.5. The van der Waals surface area contributed by atoms with Crippen LogP contribution in [-0.4, -0.2) is 35.2 Å².